The second-order valence-electron chi connectivity index (χ2n) is 8.05. The van der Waals surface area contributed by atoms with Gasteiger partial charge in [0.1, 0.15) is 4.83 Å². The molecule has 0 N–H and O–H groups in total. The summed E-state index contributed by atoms with van der Waals surface area (Å²) >= 11 is 0.979. The molecular weight excluding hydrogens is 459 g/mol. The monoisotopic (exact) mass is 483 g/mol. The molecule has 7 nitrogen and oxygen atoms in total. The molecule has 0 fully saturated rings. The molecule has 2 heterocycles. The van der Waals surface area contributed by atoms with Gasteiger partial charge in [-0.25, -0.2) is 9.86 Å². The van der Waals surface area contributed by atoms with E-state index >= 15 is 0 Å². The number of hydrogen-bond acceptors (Lipinski definition) is 5. The predicted octanol–water partition coefficient (Wildman–Crippen LogP) is 3.66. The molecule has 0 aliphatic carbocycles. The Labute approximate surface area is 191 Å². The van der Waals surface area contributed by atoms with Crippen LogP contribution in [0.25, 0.3) is 10.2 Å². The average molecular weight is 484 g/mol. The smallest absolute Gasteiger partial charge is 0.284 e. The summed E-state index contributed by atoms with van der Waals surface area (Å²) in [6.45, 7) is 4.06. The van der Waals surface area contributed by atoms with Crippen molar-refractivity contribution in [3.05, 3.63) is 66.7 Å². The summed E-state index contributed by atoms with van der Waals surface area (Å²) < 4.78 is 43.1. The molecule has 0 aliphatic rings. The second kappa shape index (κ2) is 9.14. The van der Waals surface area contributed by atoms with Crippen LogP contribution in [0.5, 0.6) is 0 Å². The number of carbonyl (C=O) groups excluding carboxylic acids is 1. The van der Waals surface area contributed by atoms with Gasteiger partial charge in [-0.2, -0.15) is 13.2 Å². The number of carbonyl (C=O) groups is 1. The lowest BCUT2D eigenvalue weighted by molar-refractivity contribution is -0.138. The summed E-state index contributed by atoms with van der Waals surface area (Å²) in [5.41, 5.74) is -2.17. The van der Waals surface area contributed by atoms with Gasteiger partial charge in [-0.05, 0) is 17.5 Å². The van der Waals surface area contributed by atoms with Gasteiger partial charge in [-0.1, -0.05) is 32.0 Å². The lowest BCUT2D eigenvalue weighted by Gasteiger charge is -2.16. The maximum absolute atomic E-state index is 13.6. The first-order chi connectivity index (χ1) is 15.4. The predicted molar refractivity (Wildman–Crippen MR) is 120 cm³/mol. The van der Waals surface area contributed by atoms with Gasteiger partial charge in [0.2, 0.25) is 0 Å². The van der Waals surface area contributed by atoms with E-state index in [1.54, 1.807) is 0 Å². The highest BCUT2D eigenvalue weighted by Gasteiger charge is 2.34. The van der Waals surface area contributed by atoms with E-state index in [1.165, 1.54) is 44.0 Å². The highest BCUT2D eigenvalue weighted by Crippen LogP contribution is 2.36. The number of thiophene rings is 1. The summed E-state index contributed by atoms with van der Waals surface area (Å²) in [6.07, 6.45) is -4.83. The Bertz CT molecular complexity index is 1320. The molecule has 0 spiro atoms. The fourth-order valence-electron chi connectivity index (χ4n) is 3.62. The first-order valence-corrected chi connectivity index (χ1v) is 10.9. The van der Waals surface area contributed by atoms with Crippen LogP contribution in [0.2, 0.25) is 0 Å². The van der Waals surface area contributed by atoms with Gasteiger partial charge >= 0.3 is 11.9 Å². The third-order valence-corrected chi connectivity index (χ3v) is 6.45. The fraction of sp³-hybridized carbons (Fsp3) is 0.409. The van der Waals surface area contributed by atoms with Crippen molar-refractivity contribution in [3.8, 4) is 0 Å². The van der Waals surface area contributed by atoms with Gasteiger partial charge in [0, 0.05) is 31.9 Å². The topological polar surface area (TPSA) is 73.5 Å². The van der Waals surface area contributed by atoms with Gasteiger partial charge in [0.15, 0.2) is 0 Å². The molecule has 1 aromatic carbocycles. The van der Waals surface area contributed by atoms with Crippen molar-refractivity contribution < 1.29 is 22.8 Å². The van der Waals surface area contributed by atoms with Crippen LogP contribution in [-0.4, -0.2) is 34.3 Å². The van der Waals surface area contributed by atoms with Gasteiger partial charge in [-0.3, -0.25) is 23.6 Å². The van der Waals surface area contributed by atoms with Crippen LogP contribution in [0.3, 0.4) is 0 Å². The van der Waals surface area contributed by atoms with Crippen LogP contribution >= 0.6 is 11.3 Å². The lowest BCUT2D eigenvalue weighted by atomic mass is 10.0. The molecule has 0 bridgehead atoms. The van der Waals surface area contributed by atoms with Crippen molar-refractivity contribution in [1.29, 1.82) is 0 Å². The molecule has 33 heavy (non-hydrogen) atoms. The molecule has 11 heteroatoms. The Kier molecular flexibility index (Phi) is 6.85. The molecule has 2 aromatic heterocycles. The Morgan fingerprint density at radius 3 is 2.42 bits per heavy atom. The number of fused-ring (bicyclic) bond motifs is 1. The highest BCUT2D eigenvalue weighted by atomic mass is 32.1. The molecule has 0 aliphatic heterocycles. The number of hydrogen-bond donors (Lipinski definition) is 0. The first kappa shape index (κ1) is 24.7. The molecule has 0 atom stereocenters. The van der Waals surface area contributed by atoms with Crippen molar-refractivity contribution in [3.63, 3.8) is 0 Å². The van der Waals surface area contributed by atoms with Crippen LogP contribution in [0, 0.1) is 5.92 Å². The molecular formula is C22H24F3N3O4S. The standard InChI is InChI=1S/C22H24F3N3O4S/c1-12(2)11-28-20-17(18(29)26(3)21(28)31)16(19(30)27(4)32-5)15(33-20)10-13-8-6-7-9-14(13)22(23,24)25/h6-9,12H,10-11H2,1-5H3. The quantitative estimate of drug-likeness (QED) is 0.502. The minimum atomic E-state index is -4.59. The highest BCUT2D eigenvalue weighted by molar-refractivity contribution is 7.19. The third-order valence-electron chi connectivity index (χ3n) is 5.24. The number of halogens is 3. The molecule has 0 saturated carbocycles. The van der Waals surface area contributed by atoms with E-state index in [9.17, 15) is 27.6 Å². The number of benzene rings is 1. The van der Waals surface area contributed by atoms with E-state index in [2.05, 4.69) is 0 Å². The molecule has 1 amide bonds. The lowest BCUT2D eigenvalue weighted by Crippen LogP contribution is -2.39. The minimum absolute atomic E-state index is 0.00357. The van der Waals surface area contributed by atoms with Crippen LogP contribution < -0.4 is 11.2 Å². The van der Waals surface area contributed by atoms with Crippen molar-refractivity contribution >= 4 is 27.5 Å². The van der Waals surface area contributed by atoms with Gasteiger partial charge in [-0.15, -0.1) is 11.3 Å². The first-order valence-electron chi connectivity index (χ1n) is 10.1. The van der Waals surface area contributed by atoms with Crippen LogP contribution in [0.4, 0.5) is 13.2 Å². The zero-order valence-corrected chi connectivity index (χ0v) is 19.6. The van der Waals surface area contributed by atoms with E-state index in [-0.39, 0.29) is 45.1 Å². The van der Waals surface area contributed by atoms with Crippen LogP contribution in [0.15, 0.2) is 33.9 Å². The van der Waals surface area contributed by atoms with Crippen molar-refractivity contribution in [2.75, 3.05) is 14.2 Å². The number of alkyl halides is 3. The number of nitrogens with zero attached hydrogens (tertiary/aromatic N) is 3. The Balaban J connectivity index is 2.39. The van der Waals surface area contributed by atoms with Crippen LogP contribution in [0.1, 0.15) is 40.2 Å². The zero-order chi connectivity index (χ0) is 24.7. The molecule has 0 unspecified atom stereocenters. The molecule has 0 radical (unpaired) electrons. The number of amides is 1. The normalized spacial score (nSPS) is 12.0. The zero-order valence-electron chi connectivity index (χ0n) is 18.8. The van der Waals surface area contributed by atoms with Gasteiger partial charge < -0.3 is 0 Å². The third kappa shape index (κ3) is 4.60. The molecule has 178 valence electrons. The summed E-state index contributed by atoms with van der Waals surface area (Å²) in [5, 5.41) is 0.897. The Hall–Kier alpha value is -2.92. The van der Waals surface area contributed by atoms with Gasteiger partial charge in [0.25, 0.3) is 11.5 Å². The summed E-state index contributed by atoms with van der Waals surface area (Å²) in [6, 6.07) is 5.08. The summed E-state index contributed by atoms with van der Waals surface area (Å²) in [7, 11) is 3.91. The van der Waals surface area contributed by atoms with E-state index in [4.69, 9.17) is 4.84 Å². The molecule has 0 saturated heterocycles. The number of rotatable bonds is 6. The van der Waals surface area contributed by atoms with E-state index in [0.717, 1.165) is 27.0 Å². The van der Waals surface area contributed by atoms with Gasteiger partial charge in [0.05, 0.1) is 23.6 Å². The summed E-state index contributed by atoms with van der Waals surface area (Å²) in [4.78, 5) is 44.6. The van der Waals surface area contributed by atoms with E-state index < -0.39 is 28.9 Å². The van der Waals surface area contributed by atoms with E-state index in [1.807, 2.05) is 13.8 Å². The maximum atomic E-state index is 13.6. The molecule has 3 aromatic rings. The number of hydroxylamine groups is 2. The maximum Gasteiger partial charge on any atom is 0.416 e. The largest absolute Gasteiger partial charge is 0.416 e. The summed E-state index contributed by atoms with van der Waals surface area (Å²) in [5.74, 6) is -0.643. The van der Waals surface area contributed by atoms with Crippen molar-refractivity contribution in [1.82, 2.24) is 14.2 Å². The van der Waals surface area contributed by atoms with Crippen molar-refractivity contribution in [2.45, 2.75) is 33.0 Å². The molecule has 3 rings (SSSR count). The average Bonchev–Trinajstić information content (AvgIpc) is 3.12. The van der Waals surface area contributed by atoms with Crippen LogP contribution in [-0.2, 0) is 31.0 Å². The van der Waals surface area contributed by atoms with E-state index in [0.29, 0.717) is 0 Å². The fourth-order valence-corrected chi connectivity index (χ4v) is 4.92. The van der Waals surface area contributed by atoms with Crippen molar-refractivity contribution in [2.24, 2.45) is 13.0 Å². The second-order valence-corrected chi connectivity index (χ2v) is 9.13. The number of aromatic nitrogens is 2. The minimum Gasteiger partial charge on any atom is -0.284 e. The Morgan fingerprint density at radius 1 is 1.21 bits per heavy atom. The Morgan fingerprint density at radius 2 is 1.85 bits per heavy atom. The SMILES string of the molecule is CON(C)C(=O)c1c(Cc2ccccc2C(F)(F)F)sc2c1c(=O)n(C)c(=O)n2CC(C)C.